The second-order valence-electron chi connectivity index (χ2n) is 2.33. The van der Waals surface area contributed by atoms with Crippen LogP contribution in [0.1, 0.15) is 0 Å². The van der Waals surface area contributed by atoms with E-state index in [9.17, 15) is 0 Å². The predicted octanol–water partition coefficient (Wildman–Crippen LogP) is 3.19. The van der Waals surface area contributed by atoms with Crippen LogP contribution < -0.4 is 4.52 Å². The zero-order valence-corrected chi connectivity index (χ0v) is 11.6. The molecule has 0 saturated carbocycles. The molecule has 0 N–H and O–H groups in total. The Labute approximate surface area is 102 Å². The summed E-state index contributed by atoms with van der Waals surface area (Å²) in [4.78, 5) is 0. The lowest BCUT2D eigenvalue weighted by Gasteiger charge is -2.18. The van der Waals surface area contributed by atoms with Gasteiger partial charge in [0.1, 0.15) is 5.75 Å². The van der Waals surface area contributed by atoms with E-state index in [0.29, 0.717) is 5.75 Å². The van der Waals surface area contributed by atoms with Gasteiger partial charge >= 0.3 is 6.72 Å². The number of rotatable bonds is 4. The molecule has 0 atom stereocenters. The molecule has 0 heterocycles. The summed E-state index contributed by atoms with van der Waals surface area (Å²) in [5.41, 5.74) is 0. The van der Waals surface area contributed by atoms with Gasteiger partial charge in [0, 0.05) is 26.0 Å². The molecular weight excluding hydrogens is 334 g/mol. The minimum atomic E-state index is -2.60. The summed E-state index contributed by atoms with van der Waals surface area (Å²) < 4.78 is 16.5. The number of halogens is 1. The zero-order valence-electron chi connectivity index (χ0n) is 7.77. The monoisotopic (exact) mass is 344 g/mol. The Balaban J connectivity index is 2.88. The van der Waals surface area contributed by atoms with Crippen molar-refractivity contribution in [2.75, 3.05) is 14.2 Å². The van der Waals surface area contributed by atoms with Gasteiger partial charge in [0.15, 0.2) is 0 Å². The summed E-state index contributed by atoms with van der Waals surface area (Å²) in [5.74, 6) is 0.695. The third-order valence-electron chi connectivity index (χ3n) is 1.49. The van der Waals surface area contributed by atoms with Crippen LogP contribution >= 0.6 is 29.3 Å². The topological polar surface area (TPSA) is 27.7 Å². The number of hydrogen-bond donors (Lipinski definition) is 0. The van der Waals surface area contributed by atoms with Crippen LogP contribution in [0.25, 0.3) is 0 Å². The maximum atomic E-state index is 5.51. The van der Waals surface area contributed by atoms with Gasteiger partial charge in [-0.05, 0) is 34.7 Å². The molecule has 3 nitrogen and oxygen atoms in total. The average Bonchev–Trinajstić information content (AvgIpc) is 2.21. The molecular formula is C8H10IO3PS. The summed E-state index contributed by atoms with van der Waals surface area (Å²) in [6.45, 7) is -2.60. The van der Waals surface area contributed by atoms with E-state index in [-0.39, 0.29) is 0 Å². The highest BCUT2D eigenvalue weighted by Crippen LogP contribution is 2.48. The molecule has 0 bridgehead atoms. The summed E-state index contributed by atoms with van der Waals surface area (Å²) >= 11 is 7.26. The van der Waals surface area contributed by atoms with Crippen LogP contribution in [-0.4, -0.2) is 14.2 Å². The largest absolute Gasteiger partial charge is 0.423 e. The van der Waals surface area contributed by atoms with Crippen LogP contribution in [0.2, 0.25) is 0 Å². The van der Waals surface area contributed by atoms with Crippen molar-refractivity contribution in [3.8, 4) is 5.75 Å². The van der Waals surface area contributed by atoms with E-state index < -0.39 is 6.72 Å². The van der Waals surface area contributed by atoms with E-state index in [2.05, 4.69) is 22.6 Å². The van der Waals surface area contributed by atoms with Gasteiger partial charge in [0.25, 0.3) is 0 Å². The lowest BCUT2D eigenvalue weighted by Crippen LogP contribution is -1.97. The first kappa shape index (κ1) is 12.4. The van der Waals surface area contributed by atoms with E-state index in [1.54, 1.807) is 0 Å². The Morgan fingerprint density at radius 3 is 2.29 bits per heavy atom. The van der Waals surface area contributed by atoms with Crippen LogP contribution in [0.3, 0.4) is 0 Å². The third-order valence-corrected chi connectivity index (χ3v) is 4.82. The fourth-order valence-electron chi connectivity index (χ4n) is 0.788. The molecule has 0 radical (unpaired) electrons. The number of hydrogen-bond acceptors (Lipinski definition) is 4. The molecule has 0 aromatic heterocycles. The first-order chi connectivity index (χ1) is 6.61. The van der Waals surface area contributed by atoms with Crippen molar-refractivity contribution in [1.82, 2.24) is 0 Å². The summed E-state index contributed by atoms with van der Waals surface area (Å²) in [5, 5.41) is 0. The van der Waals surface area contributed by atoms with Crippen molar-refractivity contribution in [1.29, 1.82) is 0 Å². The Kier molecular flexibility index (Phi) is 4.79. The standard InChI is InChI=1S/C8H10IO3PS/c1-10-13(14,11-2)12-8-6-4-3-5-7(8)9/h3-6H,1-2H3. The Hall–Kier alpha value is 0.320. The highest BCUT2D eigenvalue weighted by Gasteiger charge is 2.19. The Morgan fingerprint density at radius 1 is 1.21 bits per heavy atom. The van der Waals surface area contributed by atoms with Crippen LogP contribution in [0.15, 0.2) is 24.3 Å². The van der Waals surface area contributed by atoms with Gasteiger partial charge in [0.2, 0.25) is 0 Å². The lowest BCUT2D eigenvalue weighted by atomic mass is 10.3. The second kappa shape index (κ2) is 5.42. The van der Waals surface area contributed by atoms with Crippen molar-refractivity contribution < 1.29 is 13.6 Å². The van der Waals surface area contributed by atoms with Crippen molar-refractivity contribution >= 4 is 41.1 Å². The smallest absolute Gasteiger partial charge is 0.380 e. The van der Waals surface area contributed by atoms with Crippen molar-refractivity contribution in [2.45, 2.75) is 0 Å². The van der Waals surface area contributed by atoms with Crippen molar-refractivity contribution in [2.24, 2.45) is 0 Å². The quantitative estimate of drug-likeness (QED) is 0.620. The van der Waals surface area contributed by atoms with E-state index in [4.69, 9.17) is 25.4 Å². The highest BCUT2D eigenvalue weighted by molar-refractivity contribution is 14.1. The van der Waals surface area contributed by atoms with Crippen LogP contribution in [0.5, 0.6) is 5.75 Å². The maximum absolute atomic E-state index is 5.51. The average molecular weight is 344 g/mol. The van der Waals surface area contributed by atoms with Crippen molar-refractivity contribution in [3.05, 3.63) is 27.8 Å². The second-order valence-corrected chi connectivity index (χ2v) is 6.65. The normalized spacial score (nSPS) is 11.4. The van der Waals surface area contributed by atoms with Crippen LogP contribution in [0.4, 0.5) is 0 Å². The molecule has 14 heavy (non-hydrogen) atoms. The molecule has 1 aromatic rings. The fraction of sp³-hybridized carbons (Fsp3) is 0.250. The lowest BCUT2D eigenvalue weighted by molar-refractivity contribution is 0.272. The first-order valence-corrected chi connectivity index (χ1v) is 7.40. The number of benzene rings is 1. The number of para-hydroxylation sites is 1. The van der Waals surface area contributed by atoms with Gasteiger partial charge in [-0.25, -0.2) is 0 Å². The van der Waals surface area contributed by atoms with Crippen molar-refractivity contribution in [3.63, 3.8) is 0 Å². The molecule has 0 fully saturated rings. The van der Waals surface area contributed by atoms with Gasteiger partial charge in [-0.1, -0.05) is 12.1 Å². The molecule has 1 aromatic carbocycles. The van der Waals surface area contributed by atoms with Gasteiger partial charge < -0.3 is 13.6 Å². The Bertz CT molecular complexity index is 350. The molecule has 0 aliphatic carbocycles. The minimum absolute atomic E-state index is 0.695. The molecule has 78 valence electrons. The highest BCUT2D eigenvalue weighted by atomic mass is 127. The molecule has 1 rings (SSSR count). The van der Waals surface area contributed by atoms with Crippen LogP contribution in [0, 0.1) is 3.57 Å². The molecule has 0 amide bonds. The summed E-state index contributed by atoms with van der Waals surface area (Å²) in [6, 6.07) is 7.57. The summed E-state index contributed by atoms with van der Waals surface area (Å²) in [7, 11) is 2.97. The Morgan fingerprint density at radius 2 is 1.79 bits per heavy atom. The maximum Gasteiger partial charge on any atom is 0.380 e. The minimum Gasteiger partial charge on any atom is -0.423 e. The molecule has 0 aliphatic heterocycles. The van der Waals surface area contributed by atoms with E-state index >= 15 is 0 Å². The molecule has 0 aliphatic rings. The summed E-state index contributed by atoms with van der Waals surface area (Å²) in [6.07, 6.45) is 0. The molecule has 0 spiro atoms. The first-order valence-electron chi connectivity index (χ1n) is 3.77. The molecule has 6 heteroatoms. The zero-order chi connectivity index (χ0) is 10.6. The third kappa shape index (κ3) is 3.17. The molecule has 0 saturated heterocycles. The van der Waals surface area contributed by atoms with Gasteiger partial charge in [0.05, 0.1) is 3.57 Å². The van der Waals surface area contributed by atoms with Gasteiger partial charge in [-0.2, -0.15) is 0 Å². The molecule has 0 unspecified atom stereocenters. The van der Waals surface area contributed by atoms with Gasteiger partial charge in [-0.3, -0.25) is 0 Å². The van der Waals surface area contributed by atoms with Gasteiger partial charge in [-0.15, -0.1) is 0 Å². The van der Waals surface area contributed by atoms with E-state index in [1.807, 2.05) is 24.3 Å². The van der Waals surface area contributed by atoms with Crippen LogP contribution in [-0.2, 0) is 20.9 Å². The predicted molar refractivity (Wildman–Crippen MR) is 68.1 cm³/mol. The fourth-order valence-corrected chi connectivity index (χ4v) is 2.40. The van der Waals surface area contributed by atoms with E-state index in [0.717, 1.165) is 3.57 Å². The SMILES string of the molecule is COP(=S)(OC)Oc1ccccc1I. The van der Waals surface area contributed by atoms with E-state index in [1.165, 1.54) is 14.2 Å².